The Morgan fingerprint density at radius 3 is 3.05 bits per heavy atom. The summed E-state index contributed by atoms with van der Waals surface area (Å²) in [7, 11) is 1.92. The van der Waals surface area contributed by atoms with Crippen molar-refractivity contribution >= 4 is 27.5 Å². The molecule has 1 aromatic carbocycles. The third kappa shape index (κ3) is 2.04. The van der Waals surface area contributed by atoms with E-state index < -0.39 is 0 Å². The number of nitrogens with zero attached hydrogens (tertiary/aromatic N) is 2. The van der Waals surface area contributed by atoms with Gasteiger partial charge < -0.3 is 5.32 Å². The number of hydrogen-bond acceptors (Lipinski definition) is 3. The number of benzene rings is 1. The van der Waals surface area contributed by atoms with E-state index in [0.717, 1.165) is 33.6 Å². The first-order valence-corrected chi connectivity index (χ1v) is 8.27. The van der Waals surface area contributed by atoms with Crippen molar-refractivity contribution in [1.29, 1.82) is 0 Å². The molecule has 0 spiro atoms. The van der Waals surface area contributed by atoms with E-state index in [0.29, 0.717) is 0 Å². The predicted molar refractivity (Wildman–Crippen MR) is 88.3 cm³/mol. The fourth-order valence-corrected chi connectivity index (χ4v) is 4.28. The summed E-state index contributed by atoms with van der Waals surface area (Å²) in [6.07, 6.45) is 2.02. The molecular formula is C17H17N3OS. The molecule has 0 saturated heterocycles. The number of carbonyl (C=O) groups is 1. The Kier molecular flexibility index (Phi) is 3.04. The number of aryl methyl sites for hydroxylation is 3. The second-order valence-corrected chi connectivity index (χ2v) is 6.83. The lowest BCUT2D eigenvalue weighted by Crippen LogP contribution is -2.26. The smallest absolute Gasteiger partial charge is 0.261 e. The monoisotopic (exact) mass is 311 g/mol. The number of thiophene rings is 1. The molecule has 4 nitrogen and oxygen atoms in total. The highest BCUT2D eigenvalue weighted by atomic mass is 32.1. The summed E-state index contributed by atoms with van der Waals surface area (Å²) in [4.78, 5) is 14.4. The molecule has 112 valence electrons. The van der Waals surface area contributed by atoms with E-state index in [1.807, 2.05) is 30.8 Å². The molecule has 1 N–H and O–H groups in total. The fourth-order valence-electron chi connectivity index (χ4n) is 3.25. The van der Waals surface area contributed by atoms with Crippen LogP contribution in [0.15, 0.2) is 30.3 Å². The molecule has 4 rings (SSSR count). The predicted octanol–water partition coefficient (Wildman–Crippen LogP) is 3.36. The van der Waals surface area contributed by atoms with Gasteiger partial charge >= 0.3 is 0 Å². The van der Waals surface area contributed by atoms with E-state index in [4.69, 9.17) is 0 Å². The van der Waals surface area contributed by atoms with Gasteiger partial charge in [-0.25, -0.2) is 0 Å². The van der Waals surface area contributed by atoms with Crippen LogP contribution in [0.25, 0.3) is 10.2 Å². The number of rotatable bonds is 2. The summed E-state index contributed by atoms with van der Waals surface area (Å²) in [6, 6.07) is 10.5. The maximum Gasteiger partial charge on any atom is 0.261 e. The Labute approximate surface area is 132 Å². The van der Waals surface area contributed by atoms with Gasteiger partial charge in [-0.15, -0.1) is 11.3 Å². The first-order valence-electron chi connectivity index (χ1n) is 7.45. The van der Waals surface area contributed by atoms with Gasteiger partial charge in [-0.05, 0) is 37.0 Å². The summed E-state index contributed by atoms with van der Waals surface area (Å²) in [6.45, 7) is 1.98. The molecule has 0 unspecified atom stereocenters. The van der Waals surface area contributed by atoms with Gasteiger partial charge in [-0.3, -0.25) is 9.48 Å². The largest absolute Gasteiger partial charge is 0.345 e. The van der Waals surface area contributed by atoms with E-state index in [1.165, 1.54) is 22.5 Å². The maximum atomic E-state index is 12.6. The van der Waals surface area contributed by atoms with Crippen LogP contribution < -0.4 is 5.32 Å². The van der Waals surface area contributed by atoms with Gasteiger partial charge in [0, 0.05) is 12.4 Å². The van der Waals surface area contributed by atoms with Gasteiger partial charge in [0.2, 0.25) is 0 Å². The van der Waals surface area contributed by atoms with Crippen molar-refractivity contribution in [3.63, 3.8) is 0 Å². The molecule has 22 heavy (non-hydrogen) atoms. The third-order valence-corrected chi connectivity index (χ3v) is 5.56. The van der Waals surface area contributed by atoms with Crippen LogP contribution >= 0.6 is 11.3 Å². The molecule has 2 heterocycles. The normalized spacial score (nSPS) is 16.9. The van der Waals surface area contributed by atoms with Crippen molar-refractivity contribution < 1.29 is 4.79 Å². The molecule has 1 amide bonds. The Morgan fingerprint density at radius 1 is 1.41 bits per heavy atom. The third-order valence-electron chi connectivity index (χ3n) is 4.36. The fraction of sp³-hybridized carbons (Fsp3) is 0.294. The van der Waals surface area contributed by atoms with Gasteiger partial charge in [-0.2, -0.15) is 5.10 Å². The summed E-state index contributed by atoms with van der Waals surface area (Å²) < 4.78 is 1.84. The van der Waals surface area contributed by atoms with Crippen molar-refractivity contribution in [3.05, 3.63) is 52.0 Å². The topological polar surface area (TPSA) is 46.9 Å². The average Bonchev–Trinajstić information content (AvgIpc) is 3.17. The van der Waals surface area contributed by atoms with Gasteiger partial charge in [0.15, 0.2) is 0 Å². The van der Waals surface area contributed by atoms with Crippen molar-refractivity contribution in [2.24, 2.45) is 7.05 Å². The van der Waals surface area contributed by atoms with Crippen LogP contribution in [-0.2, 0) is 13.5 Å². The highest BCUT2D eigenvalue weighted by Gasteiger charge is 2.24. The maximum absolute atomic E-state index is 12.6. The lowest BCUT2D eigenvalue weighted by atomic mass is 10.1. The molecule has 1 aliphatic carbocycles. The number of hydrogen-bond donors (Lipinski definition) is 1. The number of aromatic nitrogens is 2. The standard InChI is InChI=1S/C17H17N3OS/c1-10-13-9-15(22-17(13)20(2)19-10)16(21)18-14-8-7-11-5-3-4-6-12(11)14/h3-6,9,14H,7-8H2,1-2H3,(H,18,21)/t14-/m1/s1. The summed E-state index contributed by atoms with van der Waals surface area (Å²) in [5.74, 6) is 0.0160. The van der Waals surface area contributed by atoms with E-state index in [2.05, 4.69) is 28.6 Å². The van der Waals surface area contributed by atoms with Crippen molar-refractivity contribution in [3.8, 4) is 0 Å². The van der Waals surface area contributed by atoms with Gasteiger partial charge in [0.25, 0.3) is 5.91 Å². The van der Waals surface area contributed by atoms with Crippen LogP contribution in [0.2, 0.25) is 0 Å². The van der Waals surface area contributed by atoms with Crippen LogP contribution in [0.3, 0.4) is 0 Å². The summed E-state index contributed by atoms with van der Waals surface area (Å²) in [5.41, 5.74) is 3.58. The van der Waals surface area contributed by atoms with Crippen molar-refractivity contribution in [2.45, 2.75) is 25.8 Å². The minimum atomic E-state index is 0.0160. The van der Waals surface area contributed by atoms with Crippen molar-refractivity contribution in [2.75, 3.05) is 0 Å². The summed E-state index contributed by atoms with van der Waals surface area (Å²) in [5, 5.41) is 8.64. The Morgan fingerprint density at radius 2 is 2.23 bits per heavy atom. The highest BCUT2D eigenvalue weighted by molar-refractivity contribution is 7.20. The SMILES string of the molecule is Cc1nn(C)c2sc(C(=O)N[C@@H]3CCc4ccccc43)cc12. The van der Waals surface area contributed by atoms with Crippen LogP contribution in [0.1, 0.15) is 39.0 Å². The minimum Gasteiger partial charge on any atom is -0.345 e. The van der Waals surface area contributed by atoms with Gasteiger partial charge in [0.1, 0.15) is 4.83 Å². The quantitative estimate of drug-likeness (QED) is 0.789. The molecule has 1 atom stereocenters. The molecular weight excluding hydrogens is 294 g/mol. The second kappa shape index (κ2) is 4.95. The molecule has 0 fully saturated rings. The van der Waals surface area contributed by atoms with E-state index >= 15 is 0 Å². The Hall–Kier alpha value is -2.14. The summed E-state index contributed by atoms with van der Waals surface area (Å²) >= 11 is 1.51. The Balaban J connectivity index is 1.61. The van der Waals surface area contributed by atoms with Gasteiger partial charge in [-0.1, -0.05) is 24.3 Å². The molecule has 3 aromatic rings. The zero-order valence-electron chi connectivity index (χ0n) is 12.6. The van der Waals surface area contributed by atoms with Gasteiger partial charge in [0.05, 0.1) is 16.6 Å². The number of carbonyl (C=O) groups excluding carboxylic acids is 1. The number of fused-ring (bicyclic) bond motifs is 2. The molecule has 0 saturated carbocycles. The molecule has 0 radical (unpaired) electrons. The lowest BCUT2D eigenvalue weighted by Gasteiger charge is -2.13. The molecule has 1 aliphatic rings. The molecule has 2 aromatic heterocycles. The lowest BCUT2D eigenvalue weighted by molar-refractivity contribution is 0.0941. The number of amides is 1. The number of nitrogens with one attached hydrogen (secondary N) is 1. The van der Waals surface area contributed by atoms with E-state index in [9.17, 15) is 4.79 Å². The van der Waals surface area contributed by atoms with Crippen LogP contribution in [0, 0.1) is 6.92 Å². The van der Waals surface area contributed by atoms with Crippen LogP contribution in [-0.4, -0.2) is 15.7 Å². The van der Waals surface area contributed by atoms with Crippen LogP contribution in [0.4, 0.5) is 0 Å². The Bertz CT molecular complexity index is 843. The highest BCUT2D eigenvalue weighted by Crippen LogP contribution is 2.32. The average molecular weight is 311 g/mol. The first-order chi connectivity index (χ1) is 10.6. The second-order valence-electron chi connectivity index (χ2n) is 5.80. The van der Waals surface area contributed by atoms with E-state index in [1.54, 1.807) is 0 Å². The molecule has 0 bridgehead atoms. The minimum absolute atomic E-state index is 0.0160. The first kappa shape index (κ1) is 13.5. The molecule has 0 aliphatic heterocycles. The zero-order valence-corrected chi connectivity index (χ0v) is 13.4. The zero-order chi connectivity index (χ0) is 15.3. The van der Waals surface area contributed by atoms with Crippen LogP contribution in [0.5, 0.6) is 0 Å². The van der Waals surface area contributed by atoms with Crippen molar-refractivity contribution in [1.82, 2.24) is 15.1 Å². The molecule has 5 heteroatoms. The van der Waals surface area contributed by atoms with E-state index in [-0.39, 0.29) is 11.9 Å².